The van der Waals surface area contributed by atoms with Crippen LogP contribution in [-0.2, 0) is 6.54 Å². The molecule has 2 rings (SSSR count). The van der Waals surface area contributed by atoms with E-state index < -0.39 is 0 Å². The molecule has 0 aliphatic heterocycles. The Morgan fingerprint density at radius 1 is 1.22 bits per heavy atom. The Hall–Kier alpha value is -1.06. The Bertz CT molecular complexity index is 520. The fourth-order valence-electron chi connectivity index (χ4n) is 1.65. The van der Waals surface area contributed by atoms with Gasteiger partial charge in [-0.15, -0.1) is 0 Å². The van der Waals surface area contributed by atoms with Crippen LogP contribution >= 0.6 is 27.5 Å². The van der Waals surface area contributed by atoms with Gasteiger partial charge >= 0.3 is 0 Å². The zero-order chi connectivity index (χ0) is 13.1. The van der Waals surface area contributed by atoms with Crippen molar-refractivity contribution < 1.29 is 4.39 Å². The van der Waals surface area contributed by atoms with Gasteiger partial charge in [-0.25, -0.2) is 4.39 Å². The molecule has 1 nitrogen and oxygen atoms in total. The second-order valence-electron chi connectivity index (χ2n) is 4.05. The van der Waals surface area contributed by atoms with Crippen LogP contribution in [0.4, 0.5) is 10.1 Å². The number of benzene rings is 2. The van der Waals surface area contributed by atoms with Gasteiger partial charge in [-0.3, -0.25) is 0 Å². The minimum atomic E-state index is -0.276. The van der Waals surface area contributed by atoms with Gasteiger partial charge in [0, 0.05) is 21.7 Å². The highest BCUT2D eigenvalue weighted by Crippen LogP contribution is 2.23. The lowest BCUT2D eigenvalue weighted by Crippen LogP contribution is -2.02. The fourth-order valence-corrected chi connectivity index (χ4v) is 2.20. The van der Waals surface area contributed by atoms with Crippen molar-refractivity contribution in [1.82, 2.24) is 0 Å². The summed E-state index contributed by atoms with van der Waals surface area (Å²) in [6.45, 7) is 2.51. The number of hydrogen-bond acceptors (Lipinski definition) is 1. The Balaban J connectivity index is 2.16. The molecule has 0 atom stereocenters. The highest BCUT2D eigenvalue weighted by molar-refractivity contribution is 9.10. The zero-order valence-electron chi connectivity index (χ0n) is 9.81. The van der Waals surface area contributed by atoms with E-state index in [4.69, 9.17) is 11.6 Å². The molecule has 0 radical (unpaired) electrons. The largest absolute Gasteiger partial charge is 0.381 e. The Morgan fingerprint density at radius 2 is 2.00 bits per heavy atom. The normalized spacial score (nSPS) is 10.4. The average molecular weight is 329 g/mol. The number of anilines is 1. The van der Waals surface area contributed by atoms with Gasteiger partial charge in [-0.05, 0) is 48.4 Å². The van der Waals surface area contributed by atoms with E-state index in [1.54, 1.807) is 6.07 Å². The third kappa shape index (κ3) is 3.24. The number of nitrogens with one attached hydrogen (secondary N) is 1. The van der Waals surface area contributed by atoms with Crippen LogP contribution in [0.3, 0.4) is 0 Å². The highest BCUT2D eigenvalue weighted by Gasteiger charge is 2.04. The Morgan fingerprint density at radius 3 is 2.78 bits per heavy atom. The second kappa shape index (κ2) is 5.72. The van der Waals surface area contributed by atoms with Crippen LogP contribution in [0, 0.1) is 12.7 Å². The molecule has 1 N–H and O–H groups in total. The SMILES string of the molecule is Cc1ccc(Br)cc1NCc1cc(F)ccc1Cl. The molecule has 0 amide bonds. The topological polar surface area (TPSA) is 12.0 Å². The molecule has 94 valence electrons. The summed E-state index contributed by atoms with van der Waals surface area (Å²) in [7, 11) is 0. The summed E-state index contributed by atoms with van der Waals surface area (Å²) >= 11 is 9.44. The summed E-state index contributed by atoms with van der Waals surface area (Å²) in [6, 6.07) is 10.4. The first-order chi connectivity index (χ1) is 8.56. The van der Waals surface area contributed by atoms with Crippen molar-refractivity contribution in [3.63, 3.8) is 0 Å². The van der Waals surface area contributed by atoms with E-state index in [1.165, 1.54) is 12.1 Å². The van der Waals surface area contributed by atoms with Crippen molar-refractivity contribution in [1.29, 1.82) is 0 Å². The van der Waals surface area contributed by atoms with Gasteiger partial charge in [-0.2, -0.15) is 0 Å². The van der Waals surface area contributed by atoms with E-state index in [-0.39, 0.29) is 5.82 Å². The summed E-state index contributed by atoms with van der Waals surface area (Å²) in [5, 5.41) is 3.82. The molecule has 0 aliphatic rings. The first kappa shape index (κ1) is 13.4. The molecule has 0 fully saturated rings. The van der Waals surface area contributed by atoms with E-state index in [0.29, 0.717) is 11.6 Å². The molecule has 0 spiro atoms. The van der Waals surface area contributed by atoms with Crippen LogP contribution in [-0.4, -0.2) is 0 Å². The highest BCUT2D eigenvalue weighted by atomic mass is 79.9. The summed E-state index contributed by atoms with van der Waals surface area (Å²) < 4.78 is 14.1. The predicted molar refractivity (Wildman–Crippen MR) is 77.6 cm³/mol. The van der Waals surface area contributed by atoms with E-state index in [9.17, 15) is 4.39 Å². The molecule has 18 heavy (non-hydrogen) atoms. The van der Waals surface area contributed by atoms with Gasteiger partial charge in [0.05, 0.1) is 0 Å². The summed E-state index contributed by atoms with van der Waals surface area (Å²) in [5.41, 5.74) is 2.88. The van der Waals surface area contributed by atoms with Crippen LogP contribution in [0.15, 0.2) is 40.9 Å². The molecule has 0 bridgehead atoms. The number of rotatable bonds is 3. The molecule has 0 saturated carbocycles. The van der Waals surface area contributed by atoms with Crippen molar-refractivity contribution in [3.05, 3.63) is 62.8 Å². The molecule has 4 heteroatoms. The van der Waals surface area contributed by atoms with Crippen molar-refractivity contribution in [2.45, 2.75) is 13.5 Å². The van der Waals surface area contributed by atoms with Gasteiger partial charge in [0.15, 0.2) is 0 Å². The minimum absolute atomic E-state index is 0.276. The van der Waals surface area contributed by atoms with Gasteiger partial charge in [0.1, 0.15) is 5.82 Å². The molecular formula is C14H12BrClFN. The third-order valence-electron chi connectivity index (χ3n) is 2.68. The van der Waals surface area contributed by atoms with E-state index in [0.717, 1.165) is 21.3 Å². The van der Waals surface area contributed by atoms with Gasteiger partial charge in [0.25, 0.3) is 0 Å². The Labute approximate surface area is 119 Å². The quantitative estimate of drug-likeness (QED) is 0.820. The van der Waals surface area contributed by atoms with Crippen LogP contribution < -0.4 is 5.32 Å². The maximum absolute atomic E-state index is 13.1. The lowest BCUT2D eigenvalue weighted by Gasteiger charge is -2.11. The van der Waals surface area contributed by atoms with E-state index in [2.05, 4.69) is 21.2 Å². The number of aryl methyl sites for hydroxylation is 1. The molecule has 2 aromatic carbocycles. The van der Waals surface area contributed by atoms with Gasteiger partial charge in [0.2, 0.25) is 0 Å². The van der Waals surface area contributed by atoms with Crippen molar-refractivity contribution in [3.8, 4) is 0 Å². The zero-order valence-corrected chi connectivity index (χ0v) is 12.1. The lowest BCUT2D eigenvalue weighted by molar-refractivity contribution is 0.626. The molecule has 0 heterocycles. The maximum Gasteiger partial charge on any atom is 0.123 e. The summed E-state index contributed by atoms with van der Waals surface area (Å²) in [5.74, 6) is -0.276. The molecule has 2 aromatic rings. The third-order valence-corrected chi connectivity index (χ3v) is 3.54. The standard InChI is InChI=1S/C14H12BrClFN/c1-9-2-3-11(15)7-14(9)18-8-10-6-12(17)4-5-13(10)16/h2-7,18H,8H2,1H3. The van der Waals surface area contributed by atoms with Crippen LogP contribution in [0.1, 0.15) is 11.1 Å². The monoisotopic (exact) mass is 327 g/mol. The van der Waals surface area contributed by atoms with Crippen molar-refractivity contribution >= 4 is 33.2 Å². The van der Waals surface area contributed by atoms with Gasteiger partial charge in [-0.1, -0.05) is 33.6 Å². The Kier molecular flexibility index (Phi) is 4.25. The number of hydrogen-bond donors (Lipinski definition) is 1. The maximum atomic E-state index is 13.1. The van der Waals surface area contributed by atoms with Crippen molar-refractivity contribution in [2.75, 3.05) is 5.32 Å². The van der Waals surface area contributed by atoms with Crippen LogP contribution in [0.5, 0.6) is 0 Å². The first-order valence-corrected chi connectivity index (χ1v) is 6.67. The second-order valence-corrected chi connectivity index (χ2v) is 5.37. The molecule has 0 aromatic heterocycles. The van der Waals surface area contributed by atoms with Crippen molar-refractivity contribution in [2.24, 2.45) is 0 Å². The predicted octanol–water partition coefficient (Wildman–Crippen LogP) is 5.16. The molecule has 0 unspecified atom stereocenters. The molecular weight excluding hydrogens is 317 g/mol. The van der Waals surface area contributed by atoms with E-state index >= 15 is 0 Å². The molecule has 0 aliphatic carbocycles. The molecule has 0 saturated heterocycles. The minimum Gasteiger partial charge on any atom is -0.381 e. The van der Waals surface area contributed by atoms with E-state index in [1.807, 2.05) is 25.1 Å². The fraction of sp³-hybridized carbons (Fsp3) is 0.143. The lowest BCUT2D eigenvalue weighted by atomic mass is 10.1. The number of halogens is 3. The van der Waals surface area contributed by atoms with Crippen LogP contribution in [0.25, 0.3) is 0 Å². The summed E-state index contributed by atoms with van der Waals surface area (Å²) in [4.78, 5) is 0. The smallest absolute Gasteiger partial charge is 0.123 e. The van der Waals surface area contributed by atoms with Crippen LogP contribution in [0.2, 0.25) is 5.02 Å². The van der Waals surface area contributed by atoms with Gasteiger partial charge < -0.3 is 5.32 Å². The first-order valence-electron chi connectivity index (χ1n) is 5.50. The summed E-state index contributed by atoms with van der Waals surface area (Å²) in [6.07, 6.45) is 0. The average Bonchev–Trinajstić information content (AvgIpc) is 2.34.